The van der Waals surface area contributed by atoms with Crippen LogP contribution in [0.15, 0.2) is 53.0 Å². The zero-order valence-electron chi connectivity index (χ0n) is 13.3. The van der Waals surface area contributed by atoms with Gasteiger partial charge in [-0.05, 0) is 42.3 Å². The van der Waals surface area contributed by atoms with Crippen molar-refractivity contribution in [2.24, 2.45) is 0 Å². The van der Waals surface area contributed by atoms with Crippen molar-refractivity contribution in [3.63, 3.8) is 0 Å². The quantitative estimate of drug-likeness (QED) is 0.714. The Hall–Kier alpha value is -1.36. The molecule has 2 N–H and O–H groups in total. The molecule has 0 radical (unpaired) electrons. The van der Waals surface area contributed by atoms with Gasteiger partial charge in [-0.15, -0.1) is 12.4 Å². The summed E-state index contributed by atoms with van der Waals surface area (Å²) < 4.78 is 1.09. The second-order valence-corrected chi connectivity index (χ2v) is 6.17. The second-order valence-electron chi connectivity index (χ2n) is 5.26. The molecule has 0 saturated carbocycles. The first kappa shape index (κ1) is 19.7. The minimum absolute atomic E-state index is 0. The van der Waals surface area contributed by atoms with Crippen LogP contribution in [0.2, 0.25) is 0 Å². The fourth-order valence-corrected chi connectivity index (χ4v) is 2.59. The average molecular weight is 398 g/mol. The van der Waals surface area contributed by atoms with Gasteiger partial charge in [0.1, 0.15) is 0 Å². The van der Waals surface area contributed by atoms with Gasteiger partial charge in [-0.2, -0.15) is 0 Å². The topological polar surface area (TPSA) is 41.1 Å². The third-order valence-electron chi connectivity index (χ3n) is 3.52. The number of carbonyl (C=O) groups is 1. The van der Waals surface area contributed by atoms with E-state index in [0.717, 1.165) is 16.7 Å². The highest BCUT2D eigenvalue weighted by Crippen LogP contribution is 2.17. The van der Waals surface area contributed by atoms with Gasteiger partial charge < -0.3 is 10.6 Å². The van der Waals surface area contributed by atoms with E-state index in [1.165, 1.54) is 11.1 Å². The molecule has 0 aromatic heterocycles. The van der Waals surface area contributed by atoms with Gasteiger partial charge in [0.15, 0.2) is 0 Å². The van der Waals surface area contributed by atoms with Gasteiger partial charge in [-0.25, -0.2) is 0 Å². The molecule has 1 unspecified atom stereocenters. The molecule has 2 aromatic rings. The Labute approximate surface area is 152 Å². The predicted molar refractivity (Wildman–Crippen MR) is 102 cm³/mol. The third kappa shape index (κ3) is 6.34. The summed E-state index contributed by atoms with van der Waals surface area (Å²) in [4.78, 5) is 11.4. The van der Waals surface area contributed by atoms with Gasteiger partial charge in [0.25, 0.3) is 0 Å². The standard InChI is InChI=1S/C18H21BrN2O.ClH/c1-3-18(22)21-17-9-7-15(8-10-17)13(2)20-12-14-5-4-6-16(19)11-14;/h4-11,13,20H,3,12H2,1-2H3,(H,21,22);1H. The van der Waals surface area contributed by atoms with E-state index in [2.05, 4.69) is 45.6 Å². The van der Waals surface area contributed by atoms with E-state index in [4.69, 9.17) is 0 Å². The molecule has 1 amide bonds. The number of hydrogen-bond donors (Lipinski definition) is 2. The molecular formula is C18H22BrClN2O. The van der Waals surface area contributed by atoms with Crippen molar-refractivity contribution in [3.8, 4) is 0 Å². The second kappa shape index (κ2) is 9.71. The van der Waals surface area contributed by atoms with Gasteiger partial charge in [-0.1, -0.05) is 47.1 Å². The Balaban J connectivity index is 0.00000264. The number of nitrogens with one attached hydrogen (secondary N) is 2. The Morgan fingerprint density at radius 3 is 2.48 bits per heavy atom. The van der Waals surface area contributed by atoms with Crippen molar-refractivity contribution in [3.05, 3.63) is 64.1 Å². The van der Waals surface area contributed by atoms with E-state index in [-0.39, 0.29) is 24.4 Å². The monoisotopic (exact) mass is 396 g/mol. The summed E-state index contributed by atoms with van der Waals surface area (Å²) in [7, 11) is 0. The lowest BCUT2D eigenvalue weighted by Gasteiger charge is -2.15. The van der Waals surface area contributed by atoms with E-state index in [1.807, 2.05) is 43.3 Å². The molecule has 124 valence electrons. The minimum atomic E-state index is 0. The molecule has 5 heteroatoms. The van der Waals surface area contributed by atoms with E-state index >= 15 is 0 Å². The highest BCUT2D eigenvalue weighted by molar-refractivity contribution is 9.10. The van der Waals surface area contributed by atoms with Crippen LogP contribution in [0.1, 0.15) is 37.4 Å². The number of rotatable bonds is 6. The van der Waals surface area contributed by atoms with Crippen LogP contribution < -0.4 is 10.6 Å². The average Bonchev–Trinajstić information content (AvgIpc) is 2.53. The van der Waals surface area contributed by atoms with E-state index in [0.29, 0.717) is 6.42 Å². The van der Waals surface area contributed by atoms with Crippen molar-refractivity contribution in [1.29, 1.82) is 0 Å². The zero-order valence-corrected chi connectivity index (χ0v) is 15.7. The van der Waals surface area contributed by atoms with Gasteiger partial charge >= 0.3 is 0 Å². The first-order valence-corrected chi connectivity index (χ1v) is 8.25. The summed E-state index contributed by atoms with van der Waals surface area (Å²) in [5, 5.41) is 6.36. The molecule has 0 bridgehead atoms. The van der Waals surface area contributed by atoms with Gasteiger partial charge in [-0.3, -0.25) is 4.79 Å². The van der Waals surface area contributed by atoms with Crippen LogP contribution in [0, 0.1) is 0 Å². The van der Waals surface area contributed by atoms with Crippen LogP contribution in [0.5, 0.6) is 0 Å². The molecule has 0 spiro atoms. The summed E-state index contributed by atoms with van der Waals surface area (Å²) in [5.74, 6) is 0.0357. The highest BCUT2D eigenvalue weighted by atomic mass is 79.9. The summed E-state index contributed by atoms with van der Waals surface area (Å²) in [6.45, 7) is 4.80. The van der Waals surface area contributed by atoms with E-state index in [9.17, 15) is 4.79 Å². The van der Waals surface area contributed by atoms with Crippen LogP contribution in [0.3, 0.4) is 0 Å². The Morgan fingerprint density at radius 1 is 1.17 bits per heavy atom. The summed E-state index contributed by atoms with van der Waals surface area (Å²) in [6.07, 6.45) is 0.492. The molecular weight excluding hydrogens is 376 g/mol. The number of anilines is 1. The predicted octanol–water partition coefficient (Wildman–Crippen LogP) is 5.07. The lowest BCUT2D eigenvalue weighted by Crippen LogP contribution is -2.18. The first-order valence-electron chi connectivity index (χ1n) is 7.46. The molecule has 3 nitrogen and oxygen atoms in total. The molecule has 0 aliphatic rings. The molecule has 2 rings (SSSR count). The Kier molecular flexibility index (Phi) is 8.31. The lowest BCUT2D eigenvalue weighted by molar-refractivity contribution is -0.115. The maximum atomic E-state index is 11.4. The summed E-state index contributed by atoms with van der Waals surface area (Å²) in [5.41, 5.74) is 3.28. The fourth-order valence-electron chi connectivity index (χ4n) is 2.14. The van der Waals surface area contributed by atoms with Crippen molar-refractivity contribution in [2.45, 2.75) is 32.9 Å². The van der Waals surface area contributed by atoms with Gasteiger partial charge in [0.05, 0.1) is 0 Å². The molecule has 2 aromatic carbocycles. The van der Waals surface area contributed by atoms with Crippen LogP contribution in [-0.4, -0.2) is 5.91 Å². The molecule has 23 heavy (non-hydrogen) atoms. The van der Waals surface area contributed by atoms with Crippen LogP contribution in [0.25, 0.3) is 0 Å². The number of carbonyl (C=O) groups excluding carboxylic acids is 1. The maximum Gasteiger partial charge on any atom is 0.224 e. The van der Waals surface area contributed by atoms with E-state index in [1.54, 1.807) is 0 Å². The van der Waals surface area contributed by atoms with Crippen molar-refractivity contribution >= 4 is 39.9 Å². The van der Waals surface area contributed by atoms with Crippen molar-refractivity contribution in [1.82, 2.24) is 5.32 Å². The van der Waals surface area contributed by atoms with Crippen molar-refractivity contribution < 1.29 is 4.79 Å². The minimum Gasteiger partial charge on any atom is -0.326 e. The number of amides is 1. The van der Waals surface area contributed by atoms with Crippen molar-refractivity contribution in [2.75, 3.05) is 5.32 Å². The smallest absolute Gasteiger partial charge is 0.224 e. The van der Waals surface area contributed by atoms with Gasteiger partial charge in [0, 0.05) is 29.2 Å². The lowest BCUT2D eigenvalue weighted by atomic mass is 10.1. The normalized spacial score (nSPS) is 11.4. The van der Waals surface area contributed by atoms with Crippen LogP contribution >= 0.6 is 28.3 Å². The largest absolute Gasteiger partial charge is 0.326 e. The molecule has 0 fully saturated rings. The molecule has 0 aliphatic carbocycles. The number of halogens is 2. The SMILES string of the molecule is CCC(=O)Nc1ccc(C(C)NCc2cccc(Br)c2)cc1.Cl. The number of benzene rings is 2. The molecule has 0 saturated heterocycles. The summed E-state index contributed by atoms with van der Waals surface area (Å²) in [6, 6.07) is 16.5. The Bertz CT molecular complexity index is 631. The highest BCUT2D eigenvalue weighted by Gasteiger charge is 2.06. The first-order chi connectivity index (χ1) is 10.6. The Morgan fingerprint density at radius 2 is 1.87 bits per heavy atom. The summed E-state index contributed by atoms with van der Waals surface area (Å²) >= 11 is 3.49. The van der Waals surface area contributed by atoms with Gasteiger partial charge in [0.2, 0.25) is 5.91 Å². The third-order valence-corrected chi connectivity index (χ3v) is 4.01. The zero-order chi connectivity index (χ0) is 15.9. The van der Waals surface area contributed by atoms with Crippen LogP contribution in [-0.2, 0) is 11.3 Å². The molecule has 0 aliphatic heterocycles. The maximum absolute atomic E-state index is 11.4. The fraction of sp³-hybridized carbons (Fsp3) is 0.278. The van der Waals surface area contributed by atoms with E-state index < -0.39 is 0 Å². The molecule has 1 atom stereocenters. The van der Waals surface area contributed by atoms with Crippen LogP contribution in [0.4, 0.5) is 5.69 Å². The number of hydrogen-bond acceptors (Lipinski definition) is 2. The molecule has 0 heterocycles.